The molecule has 0 fully saturated rings. The molecule has 0 saturated heterocycles. The Labute approximate surface area is 173 Å². The predicted molar refractivity (Wildman–Crippen MR) is 106 cm³/mol. The molecule has 0 spiro atoms. The van der Waals surface area contributed by atoms with Crippen LogP contribution in [0.5, 0.6) is 5.75 Å². The number of amides is 1. The molecule has 1 amide bonds. The zero-order chi connectivity index (χ0) is 22.4. The molecule has 2 rings (SSSR count). The van der Waals surface area contributed by atoms with Crippen molar-refractivity contribution in [1.29, 1.82) is 0 Å². The lowest BCUT2D eigenvalue weighted by Crippen LogP contribution is -2.31. The summed E-state index contributed by atoms with van der Waals surface area (Å²) < 4.78 is 67.6. The first-order valence-corrected chi connectivity index (χ1v) is 10.7. The molecule has 2 aromatic rings. The monoisotopic (exact) mass is 444 g/mol. The molecule has 1 N–H and O–H groups in total. The number of alkyl halides is 3. The van der Waals surface area contributed by atoms with E-state index in [1.54, 1.807) is 13.8 Å². The first kappa shape index (κ1) is 23.7. The highest BCUT2D eigenvalue weighted by molar-refractivity contribution is 7.89. The second kappa shape index (κ2) is 9.94. The van der Waals surface area contributed by atoms with E-state index in [1.165, 1.54) is 52.8 Å². The predicted octanol–water partition coefficient (Wildman–Crippen LogP) is 3.59. The van der Waals surface area contributed by atoms with Gasteiger partial charge in [-0.25, -0.2) is 8.42 Å². The quantitative estimate of drug-likeness (QED) is 0.642. The summed E-state index contributed by atoms with van der Waals surface area (Å²) in [5.74, 6) is -0.402. The summed E-state index contributed by atoms with van der Waals surface area (Å²) in [7, 11) is -3.69. The molecule has 0 aromatic heterocycles. The first-order valence-electron chi connectivity index (χ1n) is 9.23. The maximum absolute atomic E-state index is 12.6. The van der Waals surface area contributed by atoms with Gasteiger partial charge in [-0.2, -0.15) is 17.5 Å². The lowest BCUT2D eigenvalue weighted by Gasteiger charge is -2.18. The molecule has 0 aliphatic carbocycles. The molecule has 2 aromatic carbocycles. The molecular weight excluding hydrogens is 421 g/mol. The number of benzene rings is 2. The Morgan fingerprint density at radius 3 is 2.27 bits per heavy atom. The van der Waals surface area contributed by atoms with E-state index in [9.17, 15) is 26.4 Å². The Morgan fingerprint density at radius 2 is 1.70 bits per heavy atom. The van der Waals surface area contributed by atoms with Gasteiger partial charge in [-0.05, 0) is 35.9 Å². The summed E-state index contributed by atoms with van der Waals surface area (Å²) in [6.07, 6.45) is -4.42. The van der Waals surface area contributed by atoms with Gasteiger partial charge in [-0.15, -0.1) is 0 Å². The first-order chi connectivity index (χ1) is 14.1. The van der Waals surface area contributed by atoms with E-state index in [2.05, 4.69) is 10.1 Å². The summed E-state index contributed by atoms with van der Waals surface area (Å²) in [4.78, 5) is 12.4. The van der Waals surface area contributed by atoms with Crippen molar-refractivity contribution in [2.45, 2.75) is 31.5 Å². The van der Waals surface area contributed by atoms with Crippen LogP contribution in [0.25, 0.3) is 0 Å². The number of ether oxygens (including phenoxy) is 1. The topological polar surface area (TPSA) is 75.7 Å². The third-order valence-corrected chi connectivity index (χ3v) is 6.26. The molecule has 164 valence electrons. The maximum Gasteiger partial charge on any atom is 0.422 e. The minimum atomic E-state index is -4.42. The van der Waals surface area contributed by atoms with E-state index in [0.29, 0.717) is 18.7 Å². The van der Waals surface area contributed by atoms with E-state index in [-0.39, 0.29) is 22.8 Å². The summed E-state index contributed by atoms with van der Waals surface area (Å²) in [6.45, 7) is 2.84. The van der Waals surface area contributed by atoms with Gasteiger partial charge in [0.25, 0.3) is 5.91 Å². The molecule has 0 bridgehead atoms. The number of hydrogen-bond donors (Lipinski definition) is 1. The van der Waals surface area contributed by atoms with Crippen LogP contribution in [0.3, 0.4) is 0 Å². The number of carbonyl (C=O) groups excluding carboxylic acids is 1. The van der Waals surface area contributed by atoms with E-state index in [1.807, 2.05) is 0 Å². The van der Waals surface area contributed by atoms with Gasteiger partial charge in [0.1, 0.15) is 5.75 Å². The Bertz CT molecular complexity index is 957. The van der Waals surface area contributed by atoms with Crippen molar-refractivity contribution in [3.63, 3.8) is 0 Å². The van der Waals surface area contributed by atoms with Crippen molar-refractivity contribution in [1.82, 2.24) is 9.62 Å². The van der Waals surface area contributed by atoms with E-state index in [4.69, 9.17) is 0 Å². The molecule has 0 saturated carbocycles. The van der Waals surface area contributed by atoms with Crippen LogP contribution in [0.4, 0.5) is 13.2 Å². The normalized spacial score (nSPS) is 12.1. The SMILES string of the molecule is CCN(CC)S(=O)(=O)c1cccc(C(=O)NCc2ccc(OCC(F)(F)F)cc2)c1. The van der Waals surface area contributed by atoms with Gasteiger partial charge in [-0.1, -0.05) is 32.0 Å². The largest absolute Gasteiger partial charge is 0.484 e. The Kier molecular flexibility index (Phi) is 7.85. The van der Waals surface area contributed by atoms with Crippen LogP contribution < -0.4 is 10.1 Å². The highest BCUT2D eigenvalue weighted by atomic mass is 32.2. The van der Waals surface area contributed by atoms with Gasteiger partial charge in [0.15, 0.2) is 6.61 Å². The maximum atomic E-state index is 12.6. The fraction of sp³-hybridized carbons (Fsp3) is 0.350. The minimum absolute atomic E-state index is 0.0324. The third-order valence-electron chi connectivity index (χ3n) is 4.22. The standard InChI is InChI=1S/C20H23F3N2O4S/c1-3-25(4-2)30(27,28)18-7-5-6-16(12-18)19(26)24-13-15-8-10-17(11-9-15)29-14-20(21,22)23/h5-12H,3-4,13-14H2,1-2H3,(H,24,26). The molecule has 0 heterocycles. The number of sulfonamides is 1. The van der Waals surface area contributed by atoms with E-state index in [0.717, 1.165) is 0 Å². The van der Waals surface area contributed by atoms with Crippen LogP contribution in [0.15, 0.2) is 53.4 Å². The number of rotatable bonds is 9. The van der Waals surface area contributed by atoms with Crippen molar-refractivity contribution < 1.29 is 31.1 Å². The second-order valence-corrected chi connectivity index (χ2v) is 8.29. The van der Waals surface area contributed by atoms with Gasteiger partial charge in [0.05, 0.1) is 4.90 Å². The van der Waals surface area contributed by atoms with Gasteiger partial charge >= 0.3 is 6.18 Å². The third kappa shape index (κ3) is 6.46. The number of hydrogen-bond acceptors (Lipinski definition) is 4. The van der Waals surface area contributed by atoms with E-state index >= 15 is 0 Å². The molecule has 0 aliphatic heterocycles. The van der Waals surface area contributed by atoms with Crippen LogP contribution in [0.2, 0.25) is 0 Å². The lowest BCUT2D eigenvalue weighted by atomic mass is 10.2. The Morgan fingerprint density at radius 1 is 1.07 bits per heavy atom. The average Bonchev–Trinajstić information content (AvgIpc) is 2.71. The molecule has 0 radical (unpaired) electrons. The molecule has 0 atom stereocenters. The minimum Gasteiger partial charge on any atom is -0.484 e. The van der Waals surface area contributed by atoms with E-state index < -0.39 is 28.7 Å². The van der Waals surface area contributed by atoms with Crippen molar-refractivity contribution in [3.8, 4) is 5.75 Å². The van der Waals surface area contributed by atoms with Crippen LogP contribution >= 0.6 is 0 Å². The fourth-order valence-electron chi connectivity index (χ4n) is 2.66. The molecule has 6 nitrogen and oxygen atoms in total. The highest BCUT2D eigenvalue weighted by Crippen LogP contribution is 2.19. The van der Waals surface area contributed by atoms with Crippen LogP contribution in [0.1, 0.15) is 29.8 Å². The van der Waals surface area contributed by atoms with Gasteiger partial charge in [-0.3, -0.25) is 4.79 Å². The summed E-state index contributed by atoms with van der Waals surface area (Å²) in [6, 6.07) is 11.6. The Balaban J connectivity index is 2.02. The zero-order valence-corrected chi connectivity index (χ0v) is 17.4. The van der Waals surface area contributed by atoms with Gasteiger partial charge in [0, 0.05) is 25.2 Å². The van der Waals surface area contributed by atoms with Crippen molar-refractivity contribution in [2.24, 2.45) is 0 Å². The summed E-state index contributed by atoms with van der Waals surface area (Å²) in [5, 5.41) is 2.66. The molecule has 0 aliphatic rings. The smallest absolute Gasteiger partial charge is 0.422 e. The molecular formula is C20H23F3N2O4S. The van der Waals surface area contributed by atoms with Crippen LogP contribution in [-0.2, 0) is 16.6 Å². The van der Waals surface area contributed by atoms with Crippen molar-refractivity contribution >= 4 is 15.9 Å². The van der Waals surface area contributed by atoms with Crippen LogP contribution in [0, 0.1) is 0 Å². The number of nitrogens with one attached hydrogen (secondary N) is 1. The highest BCUT2D eigenvalue weighted by Gasteiger charge is 2.28. The second-order valence-electron chi connectivity index (χ2n) is 6.35. The fourth-order valence-corrected chi connectivity index (χ4v) is 4.17. The molecule has 0 unspecified atom stereocenters. The number of nitrogens with zero attached hydrogens (tertiary/aromatic N) is 1. The summed E-state index contributed by atoms with van der Waals surface area (Å²) in [5.41, 5.74) is 0.836. The molecule has 30 heavy (non-hydrogen) atoms. The van der Waals surface area contributed by atoms with Crippen LogP contribution in [-0.4, -0.2) is 44.5 Å². The van der Waals surface area contributed by atoms with Crippen molar-refractivity contribution in [3.05, 3.63) is 59.7 Å². The van der Waals surface area contributed by atoms with Crippen molar-refractivity contribution in [2.75, 3.05) is 19.7 Å². The number of carbonyl (C=O) groups is 1. The van der Waals surface area contributed by atoms with Gasteiger partial charge in [0.2, 0.25) is 10.0 Å². The Hall–Kier alpha value is -2.59. The molecule has 10 heteroatoms. The lowest BCUT2D eigenvalue weighted by molar-refractivity contribution is -0.153. The average molecular weight is 444 g/mol. The number of halogens is 3. The summed E-state index contributed by atoms with van der Waals surface area (Å²) >= 11 is 0. The zero-order valence-electron chi connectivity index (χ0n) is 16.6. The van der Waals surface area contributed by atoms with Gasteiger partial charge < -0.3 is 10.1 Å².